The van der Waals surface area contributed by atoms with Gasteiger partial charge in [0.1, 0.15) is 11.9 Å². The fraction of sp³-hybridized carbons (Fsp3) is 0.263. The summed E-state index contributed by atoms with van der Waals surface area (Å²) in [6.45, 7) is 1.96. The molecule has 0 heterocycles. The average molecular weight is 363 g/mol. The van der Waals surface area contributed by atoms with E-state index in [0.717, 1.165) is 5.56 Å². The Morgan fingerprint density at radius 1 is 1.08 bits per heavy atom. The van der Waals surface area contributed by atoms with E-state index in [1.165, 1.54) is 24.1 Å². The molecule has 0 aliphatic carbocycles. The fourth-order valence-corrected chi connectivity index (χ4v) is 2.58. The van der Waals surface area contributed by atoms with Gasteiger partial charge in [0.2, 0.25) is 11.8 Å². The van der Waals surface area contributed by atoms with Crippen molar-refractivity contribution in [2.75, 3.05) is 7.05 Å². The fourth-order valence-electron chi connectivity index (χ4n) is 2.46. The number of amides is 2. The molecule has 0 fully saturated rings. The van der Waals surface area contributed by atoms with Crippen LogP contribution in [0.25, 0.3) is 0 Å². The zero-order valence-corrected chi connectivity index (χ0v) is 14.9. The van der Waals surface area contributed by atoms with Gasteiger partial charge < -0.3 is 10.2 Å². The molecule has 0 spiro atoms. The average Bonchev–Trinajstić information content (AvgIpc) is 2.61. The van der Waals surface area contributed by atoms with Gasteiger partial charge >= 0.3 is 0 Å². The summed E-state index contributed by atoms with van der Waals surface area (Å²) in [6.07, 6.45) is 0.0925. The first-order valence-corrected chi connectivity index (χ1v) is 8.28. The first kappa shape index (κ1) is 18.9. The predicted molar refractivity (Wildman–Crippen MR) is 95.6 cm³/mol. The summed E-state index contributed by atoms with van der Waals surface area (Å²) in [5.41, 5.74) is 1.56. The Labute approximate surface area is 151 Å². The summed E-state index contributed by atoms with van der Waals surface area (Å²) in [4.78, 5) is 26.3. The van der Waals surface area contributed by atoms with Crippen LogP contribution < -0.4 is 5.32 Å². The Morgan fingerprint density at radius 2 is 1.64 bits per heavy atom. The van der Waals surface area contributed by atoms with Gasteiger partial charge in [0.25, 0.3) is 0 Å². The second kappa shape index (κ2) is 8.62. The van der Waals surface area contributed by atoms with Gasteiger partial charge in [-0.1, -0.05) is 35.9 Å². The minimum absolute atomic E-state index is 0.0925. The van der Waals surface area contributed by atoms with Crippen molar-refractivity contribution in [3.8, 4) is 0 Å². The first-order valence-electron chi connectivity index (χ1n) is 7.90. The lowest BCUT2D eigenvalue weighted by Crippen LogP contribution is -2.47. The molecule has 0 aliphatic heterocycles. The second-order valence-corrected chi connectivity index (χ2v) is 6.18. The molecule has 132 valence electrons. The monoisotopic (exact) mass is 362 g/mol. The number of nitrogens with one attached hydrogen (secondary N) is 1. The lowest BCUT2D eigenvalue weighted by atomic mass is 10.1. The summed E-state index contributed by atoms with van der Waals surface area (Å²) < 4.78 is 13.0. The maximum absolute atomic E-state index is 13.0. The summed E-state index contributed by atoms with van der Waals surface area (Å²) in [5, 5.41) is 3.17. The van der Waals surface area contributed by atoms with Gasteiger partial charge in [0.05, 0.1) is 6.42 Å². The van der Waals surface area contributed by atoms with E-state index in [9.17, 15) is 14.0 Å². The van der Waals surface area contributed by atoms with Crippen LogP contribution in [0, 0.1) is 5.82 Å². The molecule has 2 amide bonds. The zero-order chi connectivity index (χ0) is 18.4. The molecule has 0 radical (unpaired) electrons. The predicted octanol–water partition coefficient (Wildman–Crippen LogP) is 3.18. The minimum atomic E-state index is -0.631. The third-order valence-corrected chi connectivity index (χ3v) is 4.20. The van der Waals surface area contributed by atoms with E-state index < -0.39 is 6.04 Å². The smallest absolute Gasteiger partial charge is 0.242 e. The van der Waals surface area contributed by atoms with Crippen LogP contribution in [0.2, 0.25) is 5.02 Å². The van der Waals surface area contributed by atoms with Crippen molar-refractivity contribution in [3.63, 3.8) is 0 Å². The molecule has 2 aromatic carbocycles. The van der Waals surface area contributed by atoms with Gasteiger partial charge in [-0.2, -0.15) is 0 Å². The Hall–Kier alpha value is -2.40. The number of hydrogen-bond acceptors (Lipinski definition) is 2. The molecule has 0 aliphatic rings. The molecule has 6 heteroatoms. The molecular weight excluding hydrogens is 343 g/mol. The molecule has 1 atom stereocenters. The van der Waals surface area contributed by atoms with Crippen LogP contribution in [0.5, 0.6) is 0 Å². The quantitative estimate of drug-likeness (QED) is 0.858. The molecule has 2 rings (SSSR count). The van der Waals surface area contributed by atoms with E-state index in [2.05, 4.69) is 5.32 Å². The maximum atomic E-state index is 13.0. The van der Waals surface area contributed by atoms with Crippen molar-refractivity contribution < 1.29 is 14.0 Å². The van der Waals surface area contributed by atoms with Crippen LogP contribution in [0.3, 0.4) is 0 Å². The Balaban J connectivity index is 2.20. The van der Waals surface area contributed by atoms with Crippen LogP contribution in [-0.4, -0.2) is 29.8 Å². The van der Waals surface area contributed by atoms with Crippen molar-refractivity contribution in [2.45, 2.75) is 25.9 Å². The van der Waals surface area contributed by atoms with Crippen LogP contribution in [0.1, 0.15) is 18.1 Å². The van der Waals surface area contributed by atoms with E-state index in [-0.39, 0.29) is 30.6 Å². The molecule has 2 aromatic rings. The highest BCUT2D eigenvalue weighted by molar-refractivity contribution is 6.30. The first-order chi connectivity index (χ1) is 11.9. The van der Waals surface area contributed by atoms with Crippen molar-refractivity contribution in [1.82, 2.24) is 10.2 Å². The van der Waals surface area contributed by atoms with Crippen LogP contribution in [0.4, 0.5) is 4.39 Å². The summed E-state index contributed by atoms with van der Waals surface area (Å²) in [7, 11) is 1.53. The number of benzene rings is 2. The molecule has 1 N–H and O–H groups in total. The SMILES string of the molecule is CNC(=O)[C@@H](C)N(Cc1ccc(Cl)cc1)C(=O)Cc1ccc(F)cc1. The number of hydrogen-bond donors (Lipinski definition) is 1. The van der Waals surface area contributed by atoms with Gasteiger partial charge in [-0.25, -0.2) is 4.39 Å². The number of likely N-dealkylation sites (N-methyl/N-ethyl adjacent to an activating group) is 1. The maximum Gasteiger partial charge on any atom is 0.242 e. The normalized spacial score (nSPS) is 11.7. The summed E-state index contributed by atoms with van der Waals surface area (Å²) >= 11 is 5.89. The Kier molecular flexibility index (Phi) is 6.53. The third-order valence-electron chi connectivity index (χ3n) is 3.95. The van der Waals surface area contributed by atoms with Gasteiger partial charge in [0, 0.05) is 18.6 Å². The van der Waals surface area contributed by atoms with Crippen LogP contribution in [0.15, 0.2) is 48.5 Å². The summed E-state index contributed by atoms with van der Waals surface area (Å²) in [6, 6.07) is 12.2. The highest BCUT2D eigenvalue weighted by Crippen LogP contribution is 2.15. The number of halogens is 2. The number of carbonyl (C=O) groups is 2. The van der Waals surface area contributed by atoms with E-state index >= 15 is 0 Å². The molecule has 0 saturated heterocycles. The minimum Gasteiger partial charge on any atom is -0.357 e. The largest absolute Gasteiger partial charge is 0.357 e. The van der Waals surface area contributed by atoms with Crippen LogP contribution >= 0.6 is 11.6 Å². The third kappa shape index (κ3) is 5.29. The molecule has 0 saturated carbocycles. The van der Waals surface area contributed by atoms with E-state index in [0.29, 0.717) is 10.6 Å². The van der Waals surface area contributed by atoms with Gasteiger partial charge in [-0.15, -0.1) is 0 Å². The highest BCUT2D eigenvalue weighted by atomic mass is 35.5. The van der Waals surface area contributed by atoms with Gasteiger partial charge in [0.15, 0.2) is 0 Å². The molecule has 4 nitrogen and oxygen atoms in total. The lowest BCUT2D eigenvalue weighted by molar-refractivity contribution is -0.139. The number of rotatable bonds is 6. The molecule has 0 unspecified atom stereocenters. The zero-order valence-electron chi connectivity index (χ0n) is 14.1. The van der Waals surface area contributed by atoms with Crippen molar-refractivity contribution in [2.24, 2.45) is 0 Å². The van der Waals surface area contributed by atoms with Crippen molar-refractivity contribution in [1.29, 1.82) is 0 Å². The summed E-state index contributed by atoms with van der Waals surface area (Å²) in [5.74, 6) is -0.813. The molecular formula is C19H20ClFN2O2. The number of nitrogens with zero attached hydrogens (tertiary/aromatic N) is 1. The van der Waals surface area contributed by atoms with Gasteiger partial charge in [-0.3, -0.25) is 9.59 Å². The van der Waals surface area contributed by atoms with Crippen molar-refractivity contribution in [3.05, 3.63) is 70.5 Å². The number of carbonyl (C=O) groups excluding carboxylic acids is 2. The molecule has 0 bridgehead atoms. The topological polar surface area (TPSA) is 49.4 Å². The van der Waals surface area contributed by atoms with Crippen LogP contribution in [-0.2, 0) is 22.6 Å². The van der Waals surface area contributed by atoms with E-state index in [1.54, 1.807) is 31.2 Å². The lowest BCUT2D eigenvalue weighted by Gasteiger charge is -2.28. The highest BCUT2D eigenvalue weighted by Gasteiger charge is 2.25. The molecule has 0 aromatic heterocycles. The Bertz CT molecular complexity index is 732. The van der Waals surface area contributed by atoms with E-state index in [1.807, 2.05) is 12.1 Å². The molecule has 25 heavy (non-hydrogen) atoms. The van der Waals surface area contributed by atoms with E-state index in [4.69, 9.17) is 11.6 Å². The Morgan fingerprint density at radius 3 is 2.20 bits per heavy atom. The standard InChI is InChI=1S/C19H20ClFN2O2/c1-13(19(25)22-2)23(12-15-3-7-16(20)8-4-15)18(24)11-14-5-9-17(21)10-6-14/h3-10,13H,11-12H2,1-2H3,(H,22,25)/t13-/m1/s1. The second-order valence-electron chi connectivity index (χ2n) is 5.74. The van der Waals surface area contributed by atoms with Gasteiger partial charge in [-0.05, 0) is 42.3 Å². The van der Waals surface area contributed by atoms with Crippen molar-refractivity contribution >= 4 is 23.4 Å².